The summed E-state index contributed by atoms with van der Waals surface area (Å²) in [5.74, 6) is -1.69. The lowest BCUT2D eigenvalue weighted by molar-refractivity contribution is -0.117. The maximum atomic E-state index is 11.8. The van der Waals surface area contributed by atoms with Crippen molar-refractivity contribution < 1.29 is 28.2 Å². The van der Waals surface area contributed by atoms with E-state index < -0.39 is 24.9 Å². The van der Waals surface area contributed by atoms with Crippen LogP contribution in [-0.2, 0) is 9.53 Å². The van der Waals surface area contributed by atoms with Gasteiger partial charge in [-0.2, -0.15) is 0 Å². The highest BCUT2D eigenvalue weighted by atomic mass is 35.5. The van der Waals surface area contributed by atoms with Gasteiger partial charge in [0.15, 0.2) is 0 Å². The minimum atomic E-state index is -2.58. The summed E-state index contributed by atoms with van der Waals surface area (Å²) in [6, 6.07) is 3.99. The molecule has 0 aliphatic carbocycles. The number of rotatable bonds is 7. The topological polar surface area (TPSA) is 75.6 Å². The molecule has 110 valence electrons. The number of nitrogens with one attached hydrogen (secondary N) is 1. The zero-order valence-corrected chi connectivity index (χ0v) is 11.0. The third kappa shape index (κ3) is 5.50. The van der Waals surface area contributed by atoms with Crippen LogP contribution in [0.25, 0.3) is 0 Å². The minimum Gasteiger partial charge on any atom is -0.478 e. The van der Waals surface area contributed by atoms with Gasteiger partial charge in [-0.1, -0.05) is 11.6 Å². The molecule has 0 saturated heterocycles. The van der Waals surface area contributed by atoms with Crippen molar-refractivity contribution >= 4 is 29.2 Å². The zero-order chi connectivity index (χ0) is 15.1. The summed E-state index contributed by atoms with van der Waals surface area (Å²) in [5, 5.41) is 11.3. The summed E-state index contributed by atoms with van der Waals surface area (Å²) in [7, 11) is 0. The van der Waals surface area contributed by atoms with E-state index in [1.165, 1.54) is 18.2 Å². The van der Waals surface area contributed by atoms with Crippen molar-refractivity contribution in [2.45, 2.75) is 12.8 Å². The lowest BCUT2D eigenvalue weighted by Gasteiger charge is -2.07. The maximum absolute atomic E-state index is 11.8. The fourth-order valence-electron chi connectivity index (χ4n) is 1.33. The van der Waals surface area contributed by atoms with Crippen LogP contribution in [0.5, 0.6) is 0 Å². The zero-order valence-electron chi connectivity index (χ0n) is 10.2. The summed E-state index contributed by atoms with van der Waals surface area (Å²) in [6.07, 6.45) is -2.69. The van der Waals surface area contributed by atoms with E-state index in [1.54, 1.807) is 0 Å². The van der Waals surface area contributed by atoms with Gasteiger partial charge >= 0.3 is 5.97 Å². The van der Waals surface area contributed by atoms with E-state index in [0.717, 1.165) is 0 Å². The minimum absolute atomic E-state index is 0.0516. The van der Waals surface area contributed by atoms with Gasteiger partial charge in [-0.3, -0.25) is 4.79 Å². The predicted octanol–water partition coefficient (Wildman–Crippen LogP) is 2.65. The number of carbonyl (C=O) groups excluding carboxylic acids is 1. The smallest absolute Gasteiger partial charge is 0.337 e. The lowest BCUT2D eigenvalue weighted by Crippen LogP contribution is -2.16. The molecule has 1 aromatic carbocycles. The molecule has 0 atom stereocenters. The molecule has 0 spiro atoms. The Morgan fingerprint density at radius 1 is 1.40 bits per heavy atom. The number of alkyl halides is 2. The average molecular weight is 308 g/mol. The highest BCUT2D eigenvalue weighted by molar-refractivity contribution is 6.33. The van der Waals surface area contributed by atoms with Crippen LogP contribution < -0.4 is 5.32 Å². The number of anilines is 1. The van der Waals surface area contributed by atoms with Crippen molar-refractivity contribution in [2.75, 3.05) is 18.5 Å². The van der Waals surface area contributed by atoms with Gasteiger partial charge in [-0.05, 0) is 18.2 Å². The van der Waals surface area contributed by atoms with E-state index in [-0.39, 0.29) is 29.3 Å². The van der Waals surface area contributed by atoms with Gasteiger partial charge < -0.3 is 15.2 Å². The maximum Gasteiger partial charge on any atom is 0.337 e. The monoisotopic (exact) mass is 307 g/mol. The largest absolute Gasteiger partial charge is 0.478 e. The van der Waals surface area contributed by atoms with Gasteiger partial charge in [0.05, 0.1) is 23.6 Å². The van der Waals surface area contributed by atoms with Crippen molar-refractivity contribution in [3.8, 4) is 0 Å². The highest BCUT2D eigenvalue weighted by Crippen LogP contribution is 2.20. The molecule has 0 aliphatic heterocycles. The molecular weight excluding hydrogens is 296 g/mol. The molecule has 1 amide bonds. The first-order chi connectivity index (χ1) is 9.40. The Kier molecular flexibility index (Phi) is 6.33. The van der Waals surface area contributed by atoms with Gasteiger partial charge in [-0.15, -0.1) is 0 Å². The Hall–Kier alpha value is -1.73. The number of halogens is 3. The number of hydrogen-bond donors (Lipinski definition) is 2. The molecule has 0 unspecified atom stereocenters. The number of hydrogen-bond acceptors (Lipinski definition) is 3. The van der Waals surface area contributed by atoms with Crippen molar-refractivity contribution in [3.63, 3.8) is 0 Å². The van der Waals surface area contributed by atoms with Gasteiger partial charge in [0.2, 0.25) is 5.91 Å². The molecule has 0 saturated carbocycles. The Balaban J connectivity index is 2.50. The first-order valence-corrected chi connectivity index (χ1v) is 5.96. The van der Waals surface area contributed by atoms with E-state index >= 15 is 0 Å². The Morgan fingerprint density at radius 2 is 2.10 bits per heavy atom. The third-order valence-corrected chi connectivity index (χ3v) is 2.53. The van der Waals surface area contributed by atoms with Crippen molar-refractivity contribution in [1.82, 2.24) is 0 Å². The molecule has 20 heavy (non-hydrogen) atoms. The summed E-state index contributed by atoms with van der Waals surface area (Å²) in [6.45, 7) is -0.868. The van der Waals surface area contributed by atoms with Gasteiger partial charge in [0.1, 0.15) is 6.61 Å². The van der Waals surface area contributed by atoms with Crippen molar-refractivity contribution in [3.05, 3.63) is 28.8 Å². The normalized spacial score (nSPS) is 10.6. The molecule has 0 bridgehead atoms. The number of ether oxygens (including phenoxy) is 1. The first-order valence-electron chi connectivity index (χ1n) is 5.58. The molecule has 0 radical (unpaired) electrons. The van der Waals surface area contributed by atoms with Crippen LogP contribution in [0.1, 0.15) is 16.8 Å². The van der Waals surface area contributed by atoms with Crippen LogP contribution in [0, 0.1) is 0 Å². The molecular formula is C12H12ClF2NO4. The Labute approximate surface area is 118 Å². The van der Waals surface area contributed by atoms with Crippen LogP contribution in [0.4, 0.5) is 14.5 Å². The second-order valence-electron chi connectivity index (χ2n) is 3.76. The molecule has 0 aromatic heterocycles. The Morgan fingerprint density at radius 3 is 2.70 bits per heavy atom. The standard InChI is InChI=1S/C12H12ClF2NO4/c13-9-2-1-7(5-8(9)12(18)19)16-11(17)3-4-20-6-10(14)15/h1-2,5,10H,3-4,6H2,(H,16,17)(H,18,19). The predicted molar refractivity (Wildman–Crippen MR) is 68.5 cm³/mol. The molecule has 2 N–H and O–H groups in total. The van der Waals surface area contributed by atoms with Crippen molar-refractivity contribution in [1.29, 1.82) is 0 Å². The second kappa shape index (κ2) is 7.76. The molecule has 8 heteroatoms. The molecule has 5 nitrogen and oxygen atoms in total. The summed E-state index contributed by atoms with van der Waals surface area (Å²) in [5.41, 5.74) is 0.115. The van der Waals surface area contributed by atoms with Crippen LogP contribution in [0.15, 0.2) is 18.2 Å². The lowest BCUT2D eigenvalue weighted by atomic mass is 10.2. The van der Waals surface area contributed by atoms with Gasteiger partial charge in [0.25, 0.3) is 6.43 Å². The summed E-state index contributed by atoms with van der Waals surface area (Å²) in [4.78, 5) is 22.3. The van der Waals surface area contributed by atoms with E-state index in [4.69, 9.17) is 16.7 Å². The van der Waals surface area contributed by atoms with Crippen molar-refractivity contribution in [2.24, 2.45) is 0 Å². The van der Waals surface area contributed by atoms with Crippen LogP contribution >= 0.6 is 11.6 Å². The molecule has 1 aromatic rings. The van der Waals surface area contributed by atoms with Crippen LogP contribution in [-0.4, -0.2) is 36.6 Å². The van der Waals surface area contributed by atoms with E-state index in [9.17, 15) is 18.4 Å². The molecule has 0 aliphatic rings. The fraction of sp³-hybridized carbons (Fsp3) is 0.333. The average Bonchev–Trinajstić information content (AvgIpc) is 2.36. The second-order valence-corrected chi connectivity index (χ2v) is 4.17. The Bertz CT molecular complexity index is 496. The number of amides is 1. The van der Waals surface area contributed by atoms with E-state index in [0.29, 0.717) is 0 Å². The first kappa shape index (κ1) is 16.3. The van der Waals surface area contributed by atoms with Gasteiger partial charge in [0, 0.05) is 5.69 Å². The van der Waals surface area contributed by atoms with E-state index in [1.807, 2.05) is 0 Å². The number of carbonyl (C=O) groups is 2. The molecule has 0 heterocycles. The quantitative estimate of drug-likeness (QED) is 0.759. The van der Waals surface area contributed by atoms with E-state index in [2.05, 4.69) is 10.1 Å². The van der Waals surface area contributed by atoms with Crippen LogP contribution in [0.3, 0.4) is 0 Å². The number of aromatic carboxylic acids is 1. The summed E-state index contributed by atoms with van der Waals surface area (Å²) < 4.78 is 28.1. The number of carboxylic acids is 1. The van der Waals surface area contributed by atoms with Gasteiger partial charge in [-0.25, -0.2) is 13.6 Å². The summed E-state index contributed by atoms with van der Waals surface area (Å²) >= 11 is 5.68. The molecule has 0 fully saturated rings. The highest BCUT2D eigenvalue weighted by Gasteiger charge is 2.11. The number of carboxylic acid groups (broad SMARTS) is 1. The molecule has 1 rings (SSSR count). The SMILES string of the molecule is O=C(CCOCC(F)F)Nc1ccc(Cl)c(C(=O)O)c1. The fourth-order valence-corrected chi connectivity index (χ4v) is 1.53. The number of benzene rings is 1. The third-order valence-electron chi connectivity index (χ3n) is 2.20. The van der Waals surface area contributed by atoms with Crippen LogP contribution in [0.2, 0.25) is 5.02 Å².